The Kier molecular flexibility index (Phi) is 5.98. The fourth-order valence-corrected chi connectivity index (χ4v) is 1.99. The van der Waals surface area contributed by atoms with Crippen LogP contribution in [0.1, 0.15) is 24.2 Å². The number of likely N-dealkylation sites (N-methyl/N-ethyl adjacent to an activating group) is 1. The van der Waals surface area contributed by atoms with E-state index in [9.17, 15) is 9.90 Å². The highest BCUT2D eigenvalue weighted by Gasteiger charge is 2.18. The smallest absolute Gasteiger partial charge is 0.238 e. The quantitative estimate of drug-likeness (QED) is 0.819. The predicted octanol–water partition coefficient (Wildman–Crippen LogP) is 1.10. The fraction of sp³-hybridized carbons (Fsp3) is 0.533. The van der Waals surface area contributed by atoms with Gasteiger partial charge in [0.1, 0.15) is 5.75 Å². The summed E-state index contributed by atoms with van der Waals surface area (Å²) in [5.41, 5.74) is 1.78. The molecule has 1 aromatic rings. The van der Waals surface area contributed by atoms with Gasteiger partial charge >= 0.3 is 0 Å². The second-order valence-corrected chi connectivity index (χ2v) is 5.12. The van der Waals surface area contributed by atoms with Crippen molar-refractivity contribution in [2.75, 3.05) is 27.7 Å². The minimum atomic E-state index is -0.720. The molecule has 1 aromatic carbocycles. The van der Waals surface area contributed by atoms with Crippen LogP contribution in [0, 0.1) is 6.92 Å². The molecule has 0 saturated heterocycles. The second kappa shape index (κ2) is 7.26. The normalized spacial score (nSPS) is 13.7. The van der Waals surface area contributed by atoms with Crippen molar-refractivity contribution < 1.29 is 14.6 Å². The molecule has 20 heavy (non-hydrogen) atoms. The minimum absolute atomic E-state index is 0.0200. The lowest BCUT2D eigenvalue weighted by atomic mass is 10.0. The Bertz CT molecular complexity index is 460. The van der Waals surface area contributed by atoms with Gasteiger partial charge in [-0.3, -0.25) is 4.79 Å². The molecule has 0 aliphatic heterocycles. The molecule has 2 atom stereocenters. The fourth-order valence-electron chi connectivity index (χ4n) is 1.99. The molecular formula is C15H24N2O3. The number of aryl methyl sites for hydroxylation is 1. The van der Waals surface area contributed by atoms with Gasteiger partial charge in [-0.05, 0) is 26.0 Å². The van der Waals surface area contributed by atoms with E-state index in [4.69, 9.17) is 4.74 Å². The van der Waals surface area contributed by atoms with E-state index in [1.807, 2.05) is 25.1 Å². The van der Waals surface area contributed by atoms with E-state index >= 15 is 0 Å². The van der Waals surface area contributed by atoms with Crippen LogP contribution in [-0.4, -0.2) is 49.7 Å². The zero-order chi connectivity index (χ0) is 15.3. The Labute approximate surface area is 120 Å². The molecule has 0 saturated carbocycles. The number of carbonyl (C=O) groups excluding carboxylic acids is 1. The topological polar surface area (TPSA) is 61.8 Å². The van der Waals surface area contributed by atoms with Gasteiger partial charge < -0.3 is 20.1 Å². The first-order valence-corrected chi connectivity index (χ1v) is 6.64. The van der Waals surface area contributed by atoms with Crippen LogP contribution in [0.15, 0.2) is 18.2 Å². The van der Waals surface area contributed by atoms with Crippen molar-refractivity contribution >= 4 is 5.91 Å². The standard InChI is InChI=1S/C15H24N2O3/c1-10-6-7-14(20-5)12(8-10)13(18)9-16-11(2)15(19)17(3)4/h6-8,11,13,16,18H,9H2,1-5H3. The van der Waals surface area contributed by atoms with Crippen LogP contribution in [0.25, 0.3) is 0 Å². The maximum Gasteiger partial charge on any atom is 0.238 e. The summed E-state index contributed by atoms with van der Waals surface area (Å²) in [6, 6.07) is 5.32. The summed E-state index contributed by atoms with van der Waals surface area (Å²) < 4.78 is 5.25. The van der Waals surface area contributed by atoms with Gasteiger partial charge in [0, 0.05) is 26.2 Å². The van der Waals surface area contributed by atoms with Crippen molar-refractivity contribution in [3.8, 4) is 5.75 Å². The number of hydrogen-bond acceptors (Lipinski definition) is 4. The van der Waals surface area contributed by atoms with Gasteiger partial charge in [0.15, 0.2) is 0 Å². The molecule has 2 N–H and O–H groups in total. The second-order valence-electron chi connectivity index (χ2n) is 5.12. The number of ether oxygens (including phenoxy) is 1. The molecule has 112 valence electrons. The number of amides is 1. The summed E-state index contributed by atoms with van der Waals surface area (Å²) in [5.74, 6) is 0.630. The molecular weight excluding hydrogens is 256 g/mol. The lowest BCUT2D eigenvalue weighted by molar-refractivity contribution is -0.130. The van der Waals surface area contributed by atoms with Crippen LogP contribution in [-0.2, 0) is 4.79 Å². The van der Waals surface area contributed by atoms with Crippen LogP contribution in [0.4, 0.5) is 0 Å². The van der Waals surface area contributed by atoms with E-state index in [1.54, 1.807) is 28.1 Å². The Hall–Kier alpha value is -1.59. The van der Waals surface area contributed by atoms with Gasteiger partial charge in [-0.1, -0.05) is 11.6 Å². The lowest BCUT2D eigenvalue weighted by Crippen LogP contribution is -2.42. The molecule has 1 amide bonds. The van der Waals surface area contributed by atoms with E-state index in [2.05, 4.69) is 5.32 Å². The molecule has 0 bridgehead atoms. The van der Waals surface area contributed by atoms with Gasteiger partial charge in [-0.15, -0.1) is 0 Å². The Morgan fingerprint density at radius 3 is 2.65 bits per heavy atom. The summed E-state index contributed by atoms with van der Waals surface area (Å²) >= 11 is 0. The third kappa shape index (κ3) is 4.21. The number of carbonyl (C=O) groups is 1. The molecule has 1 rings (SSSR count). The number of hydrogen-bond donors (Lipinski definition) is 2. The van der Waals surface area contributed by atoms with E-state index in [-0.39, 0.29) is 11.9 Å². The highest BCUT2D eigenvalue weighted by molar-refractivity contribution is 5.80. The molecule has 0 aliphatic rings. The average molecular weight is 280 g/mol. The Morgan fingerprint density at radius 2 is 2.10 bits per heavy atom. The molecule has 5 nitrogen and oxygen atoms in total. The van der Waals surface area contributed by atoms with Crippen molar-refractivity contribution in [1.29, 1.82) is 0 Å². The SMILES string of the molecule is COc1ccc(C)cc1C(O)CNC(C)C(=O)N(C)C. The third-order valence-corrected chi connectivity index (χ3v) is 3.17. The average Bonchev–Trinajstić information content (AvgIpc) is 2.43. The van der Waals surface area contributed by atoms with Crippen molar-refractivity contribution in [2.24, 2.45) is 0 Å². The lowest BCUT2D eigenvalue weighted by Gasteiger charge is -2.21. The van der Waals surface area contributed by atoms with Gasteiger partial charge in [0.25, 0.3) is 0 Å². The summed E-state index contributed by atoms with van der Waals surface area (Å²) in [6.45, 7) is 4.03. The molecule has 0 aromatic heterocycles. The summed E-state index contributed by atoms with van der Waals surface area (Å²) in [6.07, 6.45) is -0.720. The predicted molar refractivity (Wildman–Crippen MR) is 78.8 cm³/mol. The van der Waals surface area contributed by atoms with Crippen LogP contribution < -0.4 is 10.1 Å². The first kappa shape index (κ1) is 16.5. The van der Waals surface area contributed by atoms with Crippen LogP contribution in [0.2, 0.25) is 0 Å². The van der Waals surface area contributed by atoms with Crippen molar-refractivity contribution in [3.05, 3.63) is 29.3 Å². The van der Waals surface area contributed by atoms with Crippen LogP contribution in [0.5, 0.6) is 5.75 Å². The summed E-state index contributed by atoms with van der Waals surface area (Å²) in [5, 5.41) is 13.3. The number of aliphatic hydroxyl groups is 1. The molecule has 0 radical (unpaired) electrons. The number of aliphatic hydroxyl groups excluding tert-OH is 1. The van der Waals surface area contributed by atoms with Gasteiger partial charge in [-0.25, -0.2) is 0 Å². The number of rotatable bonds is 6. The maximum atomic E-state index is 11.7. The van der Waals surface area contributed by atoms with Gasteiger partial charge in [0.2, 0.25) is 5.91 Å². The molecule has 2 unspecified atom stereocenters. The van der Waals surface area contributed by atoms with Crippen molar-refractivity contribution in [3.63, 3.8) is 0 Å². The van der Waals surface area contributed by atoms with Crippen molar-refractivity contribution in [1.82, 2.24) is 10.2 Å². The van der Waals surface area contributed by atoms with Crippen LogP contribution in [0.3, 0.4) is 0 Å². The molecule has 0 aliphatic carbocycles. The van der Waals surface area contributed by atoms with Gasteiger partial charge in [-0.2, -0.15) is 0 Å². The molecule has 0 heterocycles. The zero-order valence-corrected chi connectivity index (χ0v) is 12.8. The number of methoxy groups -OCH3 is 1. The maximum absolute atomic E-state index is 11.7. The van der Waals surface area contributed by atoms with E-state index in [0.717, 1.165) is 11.1 Å². The van der Waals surface area contributed by atoms with Gasteiger partial charge in [0.05, 0.1) is 19.3 Å². The Balaban J connectivity index is 2.70. The first-order chi connectivity index (χ1) is 9.36. The monoisotopic (exact) mass is 280 g/mol. The minimum Gasteiger partial charge on any atom is -0.496 e. The third-order valence-electron chi connectivity index (χ3n) is 3.17. The van der Waals surface area contributed by atoms with E-state index < -0.39 is 6.10 Å². The Morgan fingerprint density at radius 1 is 1.45 bits per heavy atom. The van der Waals surface area contributed by atoms with Crippen molar-refractivity contribution in [2.45, 2.75) is 26.0 Å². The van der Waals surface area contributed by atoms with E-state index in [0.29, 0.717) is 12.3 Å². The summed E-state index contributed by atoms with van der Waals surface area (Å²) in [7, 11) is 4.99. The molecule has 0 spiro atoms. The van der Waals surface area contributed by atoms with E-state index in [1.165, 1.54) is 4.90 Å². The first-order valence-electron chi connectivity index (χ1n) is 6.64. The largest absolute Gasteiger partial charge is 0.496 e. The number of benzene rings is 1. The highest BCUT2D eigenvalue weighted by Crippen LogP contribution is 2.25. The highest BCUT2D eigenvalue weighted by atomic mass is 16.5. The molecule has 5 heteroatoms. The summed E-state index contributed by atoms with van der Waals surface area (Å²) in [4.78, 5) is 13.3. The van der Waals surface area contributed by atoms with Crippen LogP contribution >= 0.6 is 0 Å². The number of nitrogens with one attached hydrogen (secondary N) is 1. The zero-order valence-electron chi connectivity index (χ0n) is 12.8. The molecule has 0 fully saturated rings. The number of nitrogens with zero attached hydrogens (tertiary/aromatic N) is 1.